The first-order valence-corrected chi connectivity index (χ1v) is 9.22. The Balaban J connectivity index is 1.68. The quantitative estimate of drug-likeness (QED) is 0.781. The maximum absolute atomic E-state index is 12.7. The summed E-state index contributed by atoms with van der Waals surface area (Å²) in [7, 11) is 1.99. The van der Waals surface area contributed by atoms with Gasteiger partial charge in [-0.25, -0.2) is 9.97 Å². The van der Waals surface area contributed by atoms with Gasteiger partial charge in [0.15, 0.2) is 5.82 Å². The third-order valence-corrected chi connectivity index (χ3v) is 5.02. The molecule has 25 heavy (non-hydrogen) atoms. The van der Waals surface area contributed by atoms with Crippen LogP contribution in [0.5, 0.6) is 0 Å². The van der Waals surface area contributed by atoms with Gasteiger partial charge in [-0.3, -0.25) is 4.79 Å². The molecule has 0 unspecified atom stereocenters. The summed E-state index contributed by atoms with van der Waals surface area (Å²) in [6.45, 7) is 4.58. The zero-order chi connectivity index (χ0) is 17.6. The molecule has 7 heteroatoms. The van der Waals surface area contributed by atoms with Gasteiger partial charge >= 0.3 is 0 Å². The second-order valence-corrected chi connectivity index (χ2v) is 6.68. The van der Waals surface area contributed by atoms with Crippen molar-refractivity contribution in [2.45, 2.75) is 44.8 Å². The molecule has 0 aromatic carbocycles. The summed E-state index contributed by atoms with van der Waals surface area (Å²) in [6.07, 6.45) is 6.51. The number of amides is 1. The van der Waals surface area contributed by atoms with E-state index in [-0.39, 0.29) is 24.7 Å². The molecule has 1 saturated carbocycles. The van der Waals surface area contributed by atoms with Crippen LogP contribution in [0.1, 0.15) is 44.5 Å². The lowest BCUT2D eigenvalue weighted by atomic mass is 10.2. The highest BCUT2D eigenvalue weighted by molar-refractivity contribution is 5.78. The van der Waals surface area contributed by atoms with Crippen molar-refractivity contribution in [3.63, 3.8) is 0 Å². The van der Waals surface area contributed by atoms with Crippen molar-refractivity contribution in [2.24, 2.45) is 0 Å². The molecule has 0 spiro atoms. The lowest BCUT2D eigenvalue weighted by molar-refractivity contribution is -0.147. The number of hydrogen-bond donors (Lipinski definition) is 0. The van der Waals surface area contributed by atoms with Crippen molar-refractivity contribution >= 4 is 11.7 Å². The van der Waals surface area contributed by atoms with E-state index >= 15 is 0 Å². The highest BCUT2D eigenvalue weighted by atomic mass is 16.5. The molecule has 7 nitrogen and oxygen atoms in total. The fourth-order valence-electron chi connectivity index (χ4n) is 3.34. The zero-order valence-electron chi connectivity index (χ0n) is 15.2. The van der Waals surface area contributed by atoms with Gasteiger partial charge < -0.3 is 19.3 Å². The SMILES string of the molecule is CCN(C)c1ccnc([C@H]2COCCN2C(=O)COC2CCCC2)n1. The van der Waals surface area contributed by atoms with Crippen LogP contribution in [0.2, 0.25) is 0 Å². The molecule has 1 amide bonds. The summed E-state index contributed by atoms with van der Waals surface area (Å²) >= 11 is 0. The van der Waals surface area contributed by atoms with Gasteiger partial charge in [-0.2, -0.15) is 0 Å². The number of anilines is 1. The Morgan fingerprint density at radius 2 is 2.24 bits per heavy atom. The largest absolute Gasteiger partial charge is 0.377 e. The van der Waals surface area contributed by atoms with Gasteiger partial charge in [0.25, 0.3) is 0 Å². The van der Waals surface area contributed by atoms with E-state index in [1.165, 1.54) is 12.8 Å². The van der Waals surface area contributed by atoms with Gasteiger partial charge in [0.1, 0.15) is 18.5 Å². The minimum absolute atomic E-state index is 0.00181. The molecule has 1 aromatic heterocycles. The van der Waals surface area contributed by atoms with Gasteiger partial charge in [-0.05, 0) is 25.8 Å². The molecule has 2 heterocycles. The summed E-state index contributed by atoms with van der Waals surface area (Å²) < 4.78 is 11.4. The maximum atomic E-state index is 12.7. The molecular weight excluding hydrogens is 320 g/mol. The van der Waals surface area contributed by atoms with E-state index in [1.54, 1.807) is 6.20 Å². The molecular formula is C18H28N4O3. The first-order chi connectivity index (χ1) is 12.2. The van der Waals surface area contributed by atoms with Crippen molar-refractivity contribution < 1.29 is 14.3 Å². The topological polar surface area (TPSA) is 67.8 Å². The average molecular weight is 348 g/mol. The van der Waals surface area contributed by atoms with Crippen molar-refractivity contribution in [3.05, 3.63) is 18.1 Å². The van der Waals surface area contributed by atoms with Crippen LogP contribution in [0.4, 0.5) is 5.82 Å². The van der Waals surface area contributed by atoms with Gasteiger partial charge in [0.05, 0.1) is 19.3 Å². The Hall–Kier alpha value is -1.73. The first kappa shape index (κ1) is 18.1. The monoisotopic (exact) mass is 348 g/mol. The molecule has 1 aliphatic heterocycles. The highest BCUT2D eigenvalue weighted by Crippen LogP contribution is 2.24. The molecule has 2 aliphatic rings. The number of rotatable bonds is 6. The van der Waals surface area contributed by atoms with Gasteiger partial charge in [0, 0.05) is 26.3 Å². The van der Waals surface area contributed by atoms with Crippen LogP contribution < -0.4 is 4.90 Å². The van der Waals surface area contributed by atoms with E-state index < -0.39 is 0 Å². The molecule has 1 atom stereocenters. The highest BCUT2D eigenvalue weighted by Gasteiger charge is 2.31. The molecule has 0 radical (unpaired) electrons. The Labute approximate surface area is 149 Å². The van der Waals surface area contributed by atoms with E-state index in [0.29, 0.717) is 25.6 Å². The smallest absolute Gasteiger partial charge is 0.249 e. The molecule has 3 rings (SSSR count). The number of carbonyl (C=O) groups is 1. The van der Waals surface area contributed by atoms with E-state index in [4.69, 9.17) is 9.47 Å². The number of nitrogens with zero attached hydrogens (tertiary/aromatic N) is 4. The molecule has 0 bridgehead atoms. The lowest BCUT2D eigenvalue weighted by Crippen LogP contribution is -2.46. The third-order valence-electron chi connectivity index (χ3n) is 5.02. The number of ether oxygens (including phenoxy) is 2. The van der Waals surface area contributed by atoms with Crippen LogP contribution in [0.25, 0.3) is 0 Å². The maximum Gasteiger partial charge on any atom is 0.249 e. The second kappa shape index (κ2) is 8.58. The number of carbonyl (C=O) groups excluding carboxylic acids is 1. The molecule has 1 aromatic rings. The molecule has 2 fully saturated rings. The third kappa shape index (κ3) is 4.46. The normalized spacial score (nSPS) is 21.5. The Morgan fingerprint density at radius 3 is 3.00 bits per heavy atom. The predicted molar refractivity (Wildman–Crippen MR) is 94.5 cm³/mol. The number of hydrogen-bond acceptors (Lipinski definition) is 6. The standard InChI is InChI=1S/C18H28N4O3/c1-3-21(2)16-8-9-19-18(20-16)15-12-24-11-10-22(15)17(23)13-25-14-6-4-5-7-14/h8-9,14-15H,3-7,10-13H2,1-2H3/t15-/m1/s1. The van der Waals surface area contributed by atoms with Crippen LogP contribution in [-0.4, -0.2) is 66.8 Å². The molecule has 0 N–H and O–H groups in total. The number of morpholine rings is 1. The lowest BCUT2D eigenvalue weighted by Gasteiger charge is -2.35. The van der Waals surface area contributed by atoms with Crippen molar-refractivity contribution in [3.8, 4) is 0 Å². The van der Waals surface area contributed by atoms with Crippen LogP contribution in [0.3, 0.4) is 0 Å². The van der Waals surface area contributed by atoms with Crippen LogP contribution in [-0.2, 0) is 14.3 Å². The van der Waals surface area contributed by atoms with Crippen molar-refractivity contribution in [1.29, 1.82) is 0 Å². The minimum Gasteiger partial charge on any atom is -0.377 e. The van der Waals surface area contributed by atoms with Crippen LogP contribution in [0, 0.1) is 0 Å². The van der Waals surface area contributed by atoms with Crippen molar-refractivity contribution in [2.75, 3.05) is 44.9 Å². The van der Waals surface area contributed by atoms with Gasteiger partial charge in [-0.1, -0.05) is 12.8 Å². The van der Waals surface area contributed by atoms with Gasteiger partial charge in [0.2, 0.25) is 5.91 Å². The average Bonchev–Trinajstić information content (AvgIpc) is 3.19. The van der Waals surface area contributed by atoms with E-state index in [9.17, 15) is 4.79 Å². The van der Waals surface area contributed by atoms with Gasteiger partial charge in [-0.15, -0.1) is 0 Å². The minimum atomic E-state index is -0.251. The Bertz CT molecular complexity index is 577. The van der Waals surface area contributed by atoms with Crippen LogP contribution >= 0.6 is 0 Å². The van der Waals surface area contributed by atoms with Crippen LogP contribution in [0.15, 0.2) is 12.3 Å². The van der Waals surface area contributed by atoms with Crippen molar-refractivity contribution in [1.82, 2.24) is 14.9 Å². The molecule has 1 saturated heterocycles. The number of aromatic nitrogens is 2. The fraction of sp³-hybridized carbons (Fsp3) is 0.722. The summed E-state index contributed by atoms with van der Waals surface area (Å²) in [6, 6.07) is 1.63. The summed E-state index contributed by atoms with van der Waals surface area (Å²) in [5, 5.41) is 0. The zero-order valence-corrected chi connectivity index (χ0v) is 15.2. The fourth-order valence-corrected chi connectivity index (χ4v) is 3.34. The summed E-state index contributed by atoms with van der Waals surface area (Å²) in [5.41, 5.74) is 0. The van der Waals surface area contributed by atoms with E-state index in [0.717, 1.165) is 25.2 Å². The molecule has 1 aliphatic carbocycles. The summed E-state index contributed by atoms with van der Waals surface area (Å²) in [5.74, 6) is 1.48. The summed E-state index contributed by atoms with van der Waals surface area (Å²) in [4.78, 5) is 25.6. The Morgan fingerprint density at radius 1 is 1.44 bits per heavy atom. The Kier molecular flexibility index (Phi) is 6.20. The molecule has 138 valence electrons. The second-order valence-electron chi connectivity index (χ2n) is 6.68. The van der Waals surface area contributed by atoms with E-state index in [2.05, 4.69) is 16.9 Å². The predicted octanol–water partition coefficient (Wildman–Crippen LogP) is 1.79. The van der Waals surface area contributed by atoms with E-state index in [1.807, 2.05) is 22.9 Å². The first-order valence-electron chi connectivity index (χ1n) is 9.22.